The molecule has 2 aliphatic rings. The van der Waals surface area contributed by atoms with Crippen LogP contribution in [0, 0.1) is 5.92 Å². The number of nitrogens with one attached hydrogen (secondary N) is 2. The van der Waals surface area contributed by atoms with Crippen molar-refractivity contribution in [2.75, 3.05) is 13.1 Å². The molecule has 1 unspecified atom stereocenters. The molecule has 1 aromatic rings. The van der Waals surface area contributed by atoms with Crippen LogP contribution >= 0.6 is 0 Å². The smallest absolute Gasteiger partial charge is 0.223 e. The van der Waals surface area contributed by atoms with E-state index in [1.54, 1.807) is 0 Å². The van der Waals surface area contributed by atoms with Crippen molar-refractivity contribution < 1.29 is 4.79 Å². The molecule has 1 amide bonds. The second kappa shape index (κ2) is 4.97. The Labute approximate surface area is 114 Å². The van der Waals surface area contributed by atoms with Gasteiger partial charge in [-0.1, -0.05) is 24.3 Å². The topological polar surface area (TPSA) is 41.1 Å². The van der Waals surface area contributed by atoms with E-state index in [1.165, 1.54) is 17.5 Å². The quantitative estimate of drug-likeness (QED) is 0.865. The Morgan fingerprint density at radius 3 is 2.63 bits per heavy atom. The molecule has 0 spiro atoms. The van der Waals surface area contributed by atoms with E-state index < -0.39 is 0 Å². The first-order valence-electron chi connectivity index (χ1n) is 7.26. The highest BCUT2D eigenvalue weighted by Crippen LogP contribution is 2.26. The lowest BCUT2D eigenvalue weighted by Gasteiger charge is -2.25. The van der Waals surface area contributed by atoms with Crippen LogP contribution < -0.4 is 10.6 Å². The van der Waals surface area contributed by atoms with Gasteiger partial charge >= 0.3 is 0 Å². The molecule has 1 aliphatic heterocycles. The maximum absolute atomic E-state index is 12.3. The first-order valence-corrected chi connectivity index (χ1v) is 7.26. The fraction of sp³-hybridized carbons (Fsp3) is 0.562. The van der Waals surface area contributed by atoms with Crippen LogP contribution in [0.3, 0.4) is 0 Å². The molecule has 3 heteroatoms. The van der Waals surface area contributed by atoms with E-state index >= 15 is 0 Å². The summed E-state index contributed by atoms with van der Waals surface area (Å²) in [5.74, 6) is 0.341. The fourth-order valence-electron chi connectivity index (χ4n) is 3.28. The Hall–Kier alpha value is -1.35. The van der Waals surface area contributed by atoms with Crippen molar-refractivity contribution in [3.63, 3.8) is 0 Å². The lowest BCUT2D eigenvalue weighted by molar-refractivity contribution is -0.125. The summed E-state index contributed by atoms with van der Waals surface area (Å²) in [6, 6.07) is 8.40. The predicted octanol–water partition coefficient (Wildman–Crippen LogP) is 1.66. The molecule has 1 saturated heterocycles. The molecule has 3 nitrogen and oxygen atoms in total. The van der Waals surface area contributed by atoms with Gasteiger partial charge in [0.15, 0.2) is 0 Å². The maximum atomic E-state index is 12.3. The second-order valence-corrected chi connectivity index (χ2v) is 6.18. The molecule has 0 radical (unpaired) electrons. The Balaban J connectivity index is 1.55. The number of carbonyl (C=O) groups is 1. The van der Waals surface area contributed by atoms with Crippen molar-refractivity contribution in [2.45, 2.75) is 38.1 Å². The minimum Gasteiger partial charge on any atom is -0.354 e. The summed E-state index contributed by atoms with van der Waals surface area (Å²) >= 11 is 0. The second-order valence-electron chi connectivity index (χ2n) is 6.18. The summed E-state index contributed by atoms with van der Waals surface area (Å²) in [4.78, 5) is 12.3. The monoisotopic (exact) mass is 258 g/mol. The van der Waals surface area contributed by atoms with E-state index in [-0.39, 0.29) is 17.4 Å². The molecule has 1 atom stereocenters. The third-order valence-electron chi connectivity index (χ3n) is 4.53. The summed E-state index contributed by atoms with van der Waals surface area (Å²) in [5.41, 5.74) is 2.78. The molecule has 102 valence electrons. The first kappa shape index (κ1) is 12.7. The van der Waals surface area contributed by atoms with Crippen molar-refractivity contribution in [1.29, 1.82) is 0 Å². The van der Waals surface area contributed by atoms with Crippen LogP contribution in [0.1, 0.15) is 30.9 Å². The Kier molecular flexibility index (Phi) is 3.31. The fourth-order valence-corrected chi connectivity index (χ4v) is 3.28. The van der Waals surface area contributed by atoms with Gasteiger partial charge in [0.1, 0.15) is 0 Å². The van der Waals surface area contributed by atoms with Gasteiger partial charge in [0.25, 0.3) is 0 Å². The highest BCUT2D eigenvalue weighted by molar-refractivity contribution is 5.80. The lowest BCUT2D eigenvalue weighted by atomic mass is 9.99. The van der Waals surface area contributed by atoms with E-state index in [0.29, 0.717) is 0 Å². The van der Waals surface area contributed by atoms with Gasteiger partial charge in [-0.25, -0.2) is 0 Å². The Morgan fingerprint density at radius 2 is 2.05 bits per heavy atom. The lowest BCUT2D eigenvalue weighted by Crippen LogP contribution is -2.48. The third kappa shape index (κ3) is 2.66. The Morgan fingerprint density at radius 1 is 1.37 bits per heavy atom. The van der Waals surface area contributed by atoms with Crippen LogP contribution in [0.4, 0.5) is 0 Å². The standard InChI is InChI=1S/C16H22N2O/c1-16(7-4-8-18-16)11-17-15(19)14-9-12-5-2-3-6-13(12)10-14/h2-3,5-6,14,18H,4,7-11H2,1H3,(H,17,19). The molecule has 1 fully saturated rings. The average molecular weight is 258 g/mol. The summed E-state index contributed by atoms with van der Waals surface area (Å²) in [5, 5.41) is 6.62. The van der Waals surface area contributed by atoms with Crippen molar-refractivity contribution >= 4 is 5.91 Å². The van der Waals surface area contributed by atoms with Gasteiger partial charge in [-0.15, -0.1) is 0 Å². The molecule has 1 aliphatic carbocycles. The van der Waals surface area contributed by atoms with E-state index in [2.05, 4.69) is 41.8 Å². The molecule has 3 rings (SSSR count). The zero-order valence-electron chi connectivity index (χ0n) is 11.5. The highest BCUT2D eigenvalue weighted by Gasteiger charge is 2.31. The summed E-state index contributed by atoms with van der Waals surface area (Å²) in [7, 11) is 0. The van der Waals surface area contributed by atoms with Crippen LogP contribution in [0.5, 0.6) is 0 Å². The number of carbonyl (C=O) groups excluding carboxylic acids is 1. The molecular formula is C16H22N2O. The molecule has 1 heterocycles. The largest absolute Gasteiger partial charge is 0.354 e. The number of hydrogen-bond donors (Lipinski definition) is 2. The van der Waals surface area contributed by atoms with E-state index in [1.807, 2.05) is 0 Å². The minimum atomic E-state index is 0.0983. The predicted molar refractivity (Wildman–Crippen MR) is 76.0 cm³/mol. The van der Waals surface area contributed by atoms with Crippen molar-refractivity contribution in [3.05, 3.63) is 35.4 Å². The molecule has 0 saturated carbocycles. The number of rotatable bonds is 3. The number of fused-ring (bicyclic) bond motifs is 1. The van der Waals surface area contributed by atoms with Crippen LogP contribution in [-0.4, -0.2) is 24.5 Å². The molecule has 0 aromatic heterocycles. The van der Waals surface area contributed by atoms with Gasteiger partial charge in [0.05, 0.1) is 0 Å². The zero-order valence-corrected chi connectivity index (χ0v) is 11.5. The SMILES string of the molecule is CC1(CNC(=O)C2Cc3ccccc3C2)CCCN1. The van der Waals surface area contributed by atoms with Crippen LogP contribution in [0.15, 0.2) is 24.3 Å². The van der Waals surface area contributed by atoms with Crippen LogP contribution in [0.2, 0.25) is 0 Å². The Bertz CT molecular complexity index is 452. The third-order valence-corrected chi connectivity index (χ3v) is 4.53. The van der Waals surface area contributed by atoms with Crippen molar-refractivity contribution in [3.8, 4) is 0 Å². The zero-order chi connectivity index (χ0) is 13.3. The highest BCUT2D eigenvalue weighted by atomic mass is 16.1. The van der Waals surface area contributed by atoms with Gasteiger partial charge in [0, 0.05) is 18.0 Å². The van der Waals surface area contributed by atoms with Gasteiger partial charge in [-0.3, -0.25) is 4.79 Å². The van der Waals surface area contributed by atoms with Gasteiger partial charge in [-0.2, -0.15) is 0 Å². The maximum Gasteiger partial charge on any atom is 0.223 e. The number of amides is 1. The normalized spacial score (nSPS) is 26.4. The van der Waals surface area contributed by atoms with Gasteiger partial charge in [-0.05, 0) is 50.3 Å². The average Bonchev–Trinajstić information content (AvgIpc) is 3.02. The molecule has 2 N–H and O–H groups in total. The molecular weight excluding hydrogens is 236 g/mol. The van der Waals surface area contributed by atoms with Crippen molar-refractivity contribution in [2.24, 2.45) is 5.92 Å². The summed E-state index contributed by atoms with van der Waals surface area (Å²) < 4.78 is 0. The van der Waals surface area contributed by atoms with Gasteiger partial charge < -0.3 is 10.6 Å². The first-order chi connectivity index (χ1) is 9.16. The van der Waals surface area contributed by atoms with Crippen molar-refractivity contribution in [1.82, 2.24) is 10.6 Å². The van der Waals surface area contributed by atoms with E-state index in [9.17, 15) is 4.79 Å². The van der Waals surface area contributed by atoms with Crippen LogP contribution in [-0.2, 0) is 17.6 Å². The van der Waals surface area contributed by atoms with E-state index in [0.717, 1.165) is 32.4 Å². The summed E-state index contributed by atoms with van der Waals surface area (Å²) in [6.07, 6.45) is 4.15. The number of hydrogen-bond acceptors (Lipinski definition) is 2. The van der Waals surface area contributed by atoms with Gasteiger partial charge in [0.2, 0.25) is 5.91 Å². The molecule has 1 aromatic carbocycles. The molecule has 0 bridgehead atoms. The minimum absolute atomic E-state index is 0.0983. The number of benzene rings is 1. The van der Waals surface area contributed by atoms with E-state index in [4.69, 9.17) is 0 Å². The molecule has 19 heavy (non-hydrogen) atoms. The summed E-state index contributed by atoms with van der Waals surface area (Å²) in [6.45, 7) is 4.02. The van der Waals surface area contributed by atoms with Crippen LogP contribution in [0.25, 0.3) is 0 Å².